The van der Waals surface area contributed by atoms with Crippen LogP contribution in [0.25, 0.3) is 5.69 Å². The Hall–Kier alpha value is -3.22. The average molecular weight is 482 g/mol. The van der Waals surface area contributed by atoms with E-state index >= 15 is 0 Å². The minimum atomic E-state index is -0.745. The van der Waals surface area contributed by atoms with Crippen LogP contribution in [0.2, 0.25) is 0 Å². The maximum absolute atomic E-state index is 14.5. The molecule has 0 aliphatic rings. The third-order valence-electron chi connectivity index (χ3n) is 5.36. The summed E-state index contributed by atoms with van der Waals surface area (Å²) in [5.74, 6) is 2.47. The predicted octanol–water partition coefficient (Wildman–Crippen LogP) is 3.83. The lowest BCUT2D eigenvalue weighted by atomic mass is 10.1. The highest BCUT2D eigenvalue weighted by atomic mass is 19.1. The molecular weight excluding hydrogens is 449 g/mol. The second-order valence-corrected chi connectivity index (χ2v) is 7.96. The molecule has 0 aliphatic carbocycles. The molecule has 1 N–H and O–H groups in total. The van der Waals surface area contributed by atoms with Crippen LogP contribution in [0.5, 0.6) is 11.6 Å². The van der Waals surface area contributed by atoms with Gasteiger partial charge in [-0.15, -0.1) is 6.42 Å². The summed E-state index contributed by atoms with van der Waals surface area (Å²) in [6, 6.07) is 15.9. The van der Waals surface area contributed by atoms with Gasteiger partial charge in [0, 0.05) is 26.7 Å². The van der Waals surface area contributed by atoms with Crippen molar-refractivity contribution in [2.24, 2.45) is 0 Å². The number of hydrogen-bond donors (Lipinski definition) is 1. The SMILES string of the molecule is C#CCOCC(O)CN(CCOC)Cc1c(CC)nn(-c2ccccc2)c1Oc1ccccc1F. The number of aliphatic hydroxyl groups excluding tert-OH is 1. The molecule has 7 nitrogen and oxygen atoms in total. The van der Waals surface area contributed by atoms with Crippen molar-refractivity contribution in [3.05, 3.63) is 71.7 Å². The van der Waals surface area contributed by atoms with Crippen LogP contribution in [0.3, 0.4) is 0 Å². The van der Waals surface area contributed by atoms with Gasteiger partial charge in [-0.2, -0.15) is 5.10 Å². The lowest BCUT2D eigenvalue weighted by molar-refractivity contribution is 0.0205. The number of ether oxygens (including phenoxy) is 3. The quantitative estimate of drug-likeness (QED) is 0.279. The molecule has 0 bridgehead atoms. The van der Waals surface area contributed by atoms with Crippen molar-refractivity contribution in [1.29, 1.82) is 0 Å². The van der Waals surface area contributed by atoms with Crippen LogP contribution in [-0.4, -0.2) is 65.9 Å². The molecule has 2 aromatic carbocycles. The van der Waals surface area contributed by atoms with E-state index in [4.69, 9.17) is 25.7 Å². The number of terminal acetylenes is 1. The van der Waals surface area contributed by atoms with Crippen LogP contribution in [-0.2, 0) is 22.4 Å². The number of para-hydroxylation sites is 2. The fourth-order valence-corrected chi connectivity index (χ4v) is 3.68. The maximum Gasteiger partial charge on any atom is 0.227 e. The Morgan fingerprint density at radius 1 is 1.17 bits per heavy atom. The van der Waals surface area contributed by atoms with Crippen LogP contribution in [0.15, 0.2) is 54.6 Å². The third kappa shape index (κ3) is 7.38. The van der Waals surface area contributed by atoms with Gasteiger partial charge in [0.1, 0.15) is 6.61 Å². The molecule has 0 saturated carbocycles. The van der Waals surface area contributed by atoms with Gasteiger partial charge in [-0.3, -0.25) is 4.90 Å². The van der Waals surface area contributed by atoms with Crippen molar-refractivity contribution in [3.8, 4) is 29.7 Å². The summed E-state index contributed by atoms with van der Waals surface area (Å²) in [5, 5.41) is 15.3. The van der Waals surface area contributed by atoms with Crippen molar-refractivity contribution in [3.63, 3.8) is 0 Å². The molecule has 1 aromatic heterocycles. The van der Waals surface area contributed by atoms with Gasteiger partial charge in [-0.25, -0.2) is 9.07 Å². The van der Waals surface area contributed by atoms with E-state index in [-0.39, 0.29) is 19.0 Å². The molecule has 35 heavy (non-hydrogen) atoms. The number of nitrogens with zero attached hydrogens (tertiary/aromatic N) is 3. The number of benzene rings is 2. The Bertz CT molecular complexity index is 1100. The minimum absolute atomic E-state index is 0.111. The monoisotopic (exact) mass is 481 g/mol. The van der Waals surface area contributed by atoms with Crippen LogP contribution < -0.4 is 4.74 Å². The van der Waals surface area contributed by atoms with Crippen LogP contribution >= 0.6 is 0 Å². The summed E-state index contributed by atoms with van der Waals surface area (Å²) in [6.45, 7) is 4.03. The zero-order valence-corrected chi connectivity index (χ0v) is 20.2. The molecule has 3 rings (SSSR count). The summed E-state index contributed by atoms with van der Waals surface area (Å²) in [4.78, 5) is 2.03. The first-order chi connectivity index (χ1) is 17.1. The molecule has 0 radical (unpaired) electrons. The first-order valence-corrected chi connectivity index (χ1v) is 11.6. The second kappa shape index (κ2) is 13.6. The van der Waals surface area contributed by atoms with E-state index in [9.17, 15) is 9.50 Å². The van der Waals surface area contributed by atoms with Crippen molar-refractivity contribution >= 4 is 0 Å². The van der Waals surface area contributed by atoms with Gasteiger partial charge in [0.25, 0.3) is 0 Å². The van der Waals surface area contributed by atoms with Crippen molar-refractivity contribution in [2.45, 2.75) is 26.0 Å². The molecule has 0 spiro atoms. The molecule has 0 amide bonds. The van der Waals surface area contributed by atoms with E-state index in [0.717, 1.165) is 16.9 Å². The number of aromatic nitrogens is 2. The van der Waals surface area contributed by atoms with Crippen molar-refractivity contribution in [1.82, 2.24) is 14.7 Å². The Labute approximate surface area is 206 Å². The van der Waals surface area contributed by atoms with Gasteiger partial charge in [0.05, 0.1) is 36.3 Å². The fourth-order valence-electron chi connectivity index (χ4n) is 3.68. The summed E-state index contributed by atoms with van der Waals surface area (Å²) in [7, 11) is 1.63. The molecule has 0 aliphatic heterocycles. The molecule has 8 heteroatoms. The predicted molar refractivity (Wildman–Crippen MR) is 132 cm³/mol. The normalized spacial score (nSPS) is 12.0. The molecule has 186 valence electrons. The van der Waals surface area contributed by atoms with Crippen molar-refractivity contribution in [2.75, 3.05) is 40.0 Å². The number of halogens is 1. The van der Waals surface area contributed by atoms with Gasteiger partial charge < -0.3 is 19.3 Å². The zero-order chi connectivity index (χ0) is 25.0. The number of aryl methyl sites for hydroxylation is 1. The van der Waals surface area contributed by atoms with E-state index < -0.39 is 11.9 Å². The smallest absolute Gasteiger partial charge is 0.227 e. The highest BCUT2D eigenvalue weighted by Crippen LogP contribution is 2.33. The number of hydrogen-bond acceptors (Lipinski definition) is 6. The highest BCUT2D eigenvalue weighted by Gasteiger charge is 2.24. The zero-order valence-electron chi connectivity index (χ0n) is 20.2. The van der Waals surface area contributed by atoms with Crippen LogP contribution in [0.4, 0.5) is 4.39 Å². The summed E-state index contributed by atoms with van der Waals surface area (Å²) >= 11 is 0. The van der Waals surface area contributed by atoms with Gasteiger partial charge in [-0.1, -0.05) is 43.2 Å². The Morgan fingerprint density at radius 2 is 1.91 bits per heavy atom. The largest absolute Gasteiger partial charge is 0.435 e. The van der Waals surface area contributed by atoms with Gasteiger partial charge in [0.2, 0.25) is 5.88 Å². The average Bonchev–Trinajstić information content (AvgIpc) is 3.21. The topological polar surface area (TPSA) is 69.0 Å². The minimum Gasteiger partial charge on any atom is -0.435 e. The molecule has 3 aromatic rings. The summed E-state index contributed by atoms with van der Waals surface area (Å²) in [6.07, 6.45) is 5.13. The summed E-state index contributed by atoms with van der Waals surface area (Å²) in [5.41, 5.74) is 2.43. The number of rotatable bonds is 14. The number of aliphatic hydroxyl groups is 1. The maximum atomic E-state index is 14.5. The van der Waals surface area contributed by atoms with E-state index in [1.54, 1.807) is 30.0 Å². The second-order valence-electron chi connectivity index (χ2n) is 7.96. The highest BCUT2D eigenvalue weighted by molar-refractivity contribution is 5.44. The van der Waals surface area contributed by atoms with Gasteiger partial charge in [0.15, 0.2) is 11.6 Å². The molecule has 1 unspecified atom stereocenters. The van der Waals surface area contributed by atoms with Gasteiger partial charge in [-0.05, 0) is 30.7 Å². The first kappa shape index (κ1) is 26.4. The number of methoxy groups -OCH3 is 1. The lowest BCUT2D eigenvalue weighted by Crippen LogP contribution is -2.36. The van der Waals surface area contributed by atoms with E-state index in [0.29, 0.717) is 38.5 Å². The molecule has 1 heterocycles. The third-order valence-corrected chi connectivity index (χ3v) is 5.36. The molecule has 0 saturated heterocycles. The van der Waals surface area contributed by atoms with E-state index in [1.807, 2.05) is 42.2 Å². The molecule has 0 fully saturated rings. The molecular formula is C27H32FN3O4. The van der Waals surface area contributed by atoms with E-state index in [2.05, 4.69) is 5.92 Å². The summed E-state index contributed by atoms with van der Waals surface area (Å²) < 4.78 is 33.0. The fraction of sp³-hybridized carbons (Fsp3) is 0.370. The van der Waals surface area contributed by atoms with Crippen molar-refractivity contribution < 1.29 is 23.7 Å². The lowest BCUT2D eigenvalue weighted by Gasteiger charge is -2.25. The van der Waals surface area contributed by atoms with Gasteiger partial charge >= 0.3 is 0 Å². The van der Waals surface area contributed by atoms with Crippen LogP contribution in [0.1, 0.15) is 18.2 Å². The van der Waals surface area contributed by atoms with E-state index in [1.165, 1.54) is 6.07 Å². The van der Waals surface area contributed by atoms with Crippen LogP contribution in [0, 0.1) is 18.2 Å². The first-order valence-electron chi connectivity index (χ1n) is 11.6. The Balaban J connectivity index is 1.98. The standard InChI is InChI=1S/C27H32FN3O4/c1-4-16-34-20-22(32)18-30(15-17-33-3)19-23-25(5-2)29-31(21-11-7-6-8-12-21)27(23)35-26-14-10-9-13-24(26)28/h1,6-14,22,32H,5,15-20H2,2-3H3. The Morgan fingerprint density at radius 3 is 2.60 bits per heavy atom. The molecule has 1 atom stereocenters. The Kier molecular flexibility index (Phi) is 10.3.